The molecule has 0 aromatic carbocycles. The molecule has 1 aromatic heterocycles. The van der Waals surface area contributed by atoms with Crippen LogP contribution >= 0.6 is 0 Å². The molecule has 0 amide bonds. The fourth-order valence-electron chi connectivity index (χ4n) is 2.65. The zero-order valence-electron chi connectivity index (χ0n) is 13.2. The lowest BCUT2D eigenvalue weighted by atomic mass is 10.2. The molecule has 1 saturated heterocycles. The molecule has 1 fully saturated rings. The quantitative estimate of drug-likeness (QED) is 0.776. The van der Waals surface area contributed by atoms with Gasteiger partial charge in [-0.05, 0) is 38.9 Å². The third kappa shape index (κ3) is 4.62. The topological polar surface area (TPSA) is 31.6 Å². The maximum Gasteiger partial charge on any atom is 0.118 e. The van der Waals surface area contributed by atoms with E-state index in [0.717, 1.165) is 50.7 Å². The standard InChI is InChI=1S/C16H29N3O/c1-4-7-17-12-15-5-6-16(20-15)13-18-8-10-19(11-9-18)14(2)3/h5-6,14,17H,4,7-13H2,1-3H3. The van der Waals surface area contributed by atoms with Gasteiger partial charge in [-0.25, -0.2) is 0 Å². The Kier molecular flexibility index (Phi) is 6.07. The van der Waals surface area contributed by atoms with Crippen molar-refractivity contribution >= 4 is 0 Å². The minimum Gasteiger partial charge on any atom is -0.463 e. The molecule has 1 aliphatic heterocycles. The molecule has 4 heteroatoms. The molecule has 114 valence electrons. The van der Waals surface area contributed by atoms with Crippen molar-refractivity contribution in [3.05, 3.63) is 23.7 Å². The van der Waals surface area contributed by atoms with E-state index in [2.05, 4.69) is 48.0 Å². The lowest BCUT2D eigenvalue weighted by Crippen LogP contribution is -2.48. The Morgan fingerprint density at radius 2 is 1.85 bits per heavy atom. The van der Waals surface area contributed by atoms with E-state index in [-0.39, 0.29) is 0 Å². The average Bonchev–Trinajstić information content (AvgIpc) is 2.87. The second-order valence-corrected chi connectivity index (χ2v) is 5.95. The average molecular weight is 279 g/mol. The summed E-state index contributed by atoms with van der Waals surface area (Å²) in [6.45, 7) is 14.2. The summed E-state index contributed by atoms with van der Waals surface area (Å²) < 4.78 is 5.89. The first-order valence-corrected chi connectivity index (χ1v) is 7.93. The number of piperazine rings is 1. The van der Waals surface area contributed by atoms with Gasteiger partial charge < -0.3 is 9.73 Å². The third-order valence-corrected chi connectivity index (χ3v) is 3.96. The molecule has 0 radical (unpaired) electrons. The summed E-state index contributed by atoms with van der Waals surface area (Å²) in [7, 11) is 0. The normalized spacial score (nSPS) is 18.0. The van der Waals surface area contributed by atoms with E-state index in [0.29, 0.717) is 6.04 Å². The number of nitrogens with zero attached hydrogens (tertiary/aromatic N) is 2. The molecule has 1 aromatic rings. The van der Waals surface area contributed by atoms with Crippen LogP contribution in [0.3, 0.4) is 0 Å². The minimum atomic E-state index is 0.664. The zero-order valence-corrected chi connectivity index (χ0v) is 13.2. The molecule has 20 heavy (non-hydrogen) atoms. The van der Waals surface area contributed by atoms with Crippen LogP contribution in [0.15, 0.2) is 16.5 Å². The fourth-order valence-corrected chi connectivity index (χ4v) is 2.65. The Morgan fingerprint density at radius 3 is 2.50 bits per heavy atom. The van der Waals surface area contributed by atoms with Gasteiger partial charge in [-0.3, -0.25) is 9.80 Å². The van der Waals surface area contributed by atoms with Crippen LogP contribution in [-0.4, -0.2) is 48.6 Å². The van der Waals surface area contributed by atoms with Crippen LogP contribution in [0.2, 0.25) is 0 Å². The maximum atomic E-state index is 5.89. The molecule has 0 aliphatic carbocycles. The van der Waals surface area contributed by atoms with Crippen molar-refractivity contribution in [1.29, 1.82) is 0 Å². The van der Waals surface area contributed by atoms with Crippen molar-refractivity contribution < 1.29 is 4.42 Å². The summed E-state index contributed by atoms with van der Waals surface area (Å²) in [5.74, 6) is 2.14. The second kappa shape index (κ2) is 7.81. The van der Waals surface area contributed by atoms with Crippen molar-refractivity contribution in [3.8, 4) is 0 Å². The summed E-state index contributed by atoms with van der Waals surface area (Å²) >= 11 is 0. The fraction of sp³-hybridized carbons (Fsp3) is 0.750. The Morgan fingerprint density at radius 1 is 1.15 bits per heavy atom. The lowest BCUT2D eigenvalue weighted by molar-refractivity contribution is 0.0987. The molecule has 0 spiro atoms. The van der Waals surface area contributed by atoms with Gasteiger partial charge in [0.2, 0.25) is 0 Å². The summed E-state index contributed by atoms with van der Waals surface area (Å²) in [6, 6.07) is 4.89. The van der Waals surface area contributed by atoms with Gasteiger partial charge in [0.1, 0.15) is 11.5 Å². The largest absolute Gasteiger partial charge is 0.463 e. The van der Waals surface area contributed by atoms with Crippen LogP contribution in [0.4, 0.5) is 0 Å². The Balaban J connectivity index is 1.74. The zero-order chi connectivity index (χ0) is 14.4. The van der Waals surface area contributed by atoms with Crippen molar-refractivity contribution in [2.75, 3.05) is 32.7 Å². The van der Waals surface area contributed by atoms with E-state index in [1.807, 2.05) is 0 Å². The Bertz CT molecular complexity index is 381. The van der Waals surface area contributed by atoms with Crippen molar-refractivity contribution in [3.63, 3.8) is 0 Å². The molecule has 0 saturated carbocycles. The van der Waals surface area contributed by atoms with Crippen LogP contribution < -0.4 is 5.32 Å². The van der Waals surface area contributed by atoms with Gasteiger partial charge in [0.15, 0.2) is 0 Å². The Labute approximate surface area is 123 Å². The van der Waals surface area contributed by atoms with Gasteiger partial charge in [-0.2, -0.15) is 0 Å². The molecule has 0 bridgehead atoms. The first-order chi connectivity index (χ1) is 9.69. The van der Waals surface area contributed by atoms with Gasteiger partial charge in [0.05, 0.1) is 13.1 Å². The summed E-state index contributed by atoms with van der Waals surface area (Å²) in [6.07, 6.45) is 1.16. The Hall–Kier alpha value is -0.840. The summed E-state index contributed by atoms with van der Waals surface area (Å²) in [5.41, 5.74) is 0. The predicted molar refractivity (Wildman–Crippen MR) is 82.7 cm³/mol. The van der Waals surface area contributed by atoms with Gasteiger partial charge in [0.25, 0.3) is 0 Å². The van der Waals surface area contributed by atoms with E-state index in [4.69, 9.17) is 4.42 Å². The van der Waals surface area contributed by atoms with Gasteiger partial charge in [-0.15, -0.1) is 0 Å². The van der Waals surface area contributed by atoms with Crippen LogP contribution in [0.5, 0.6) is 0 Å². The molecule has 2 rings (SSSR count). The SMILES string of the molecule is CCCNCc1ccc(CN2CCN(C(C)C)CC2)o1. The minimum absolute atomic E-state index is 0.664. The van der Waals surface area contributed by atoms with E-state index in [9.17, 15) is 0 Å². The van der Waals surface area contributed by atoms with E-state index in [1.54, 1.807) is 0 Å². The van der Waals surface area contributed by atoms with Gasteiger partial charge in [-0.1, -0.05) is 6.92 Å². The van der Waals surface area contributed by atoms with E-state index < -0.39 is 0 Å². The van der Waals surface area contributed by atoms with Gasteiger partial charge in [0, 0.05) is 32.2 Å². The number of hydrogen-bond acceptors (Lipinski definition) is 4. The maximum absolute atomic E-state index is 5.89. The molecule has 0 unspecified atom stereocenters. The van der Waals surface area contributed by atoms with Gasteiger partial charge >= 0.3 is 0 Å². The monoisotopic (exact) mass is 279 g/mol. The van der Waals surface area contributed by atoms with Crippen LogP contribution in [0.25, 0.3) is 0 Å². The predicted octanol–water partition coefficient (Wildman–Crippen LogP) is 2.31. The second-order valence-electron chi connectivity index (χ2n) is 5.95. The first-order valence-electron chi connectivity index (χ1n) is 7.93. The van der Waals surface area contributed by atoms with Crippen molar-refractivity contribution in [2.45, 2.75) is 46.3 Å². The molecule has 1 N–H and O–H groups in total. The molecular formula is C16H29N3O. The number of nitrogens with one attached hydrogen (secondary N) is 1. The third-order valence-electron chi connectivity index (χ3n) is 3.96. The van der Waals surface area contributed by atoms with Crippen LogP contribution in [0, 0.1) is 0 Å². The molecule has 2 heterocycles. The van der Waals surface area contributed by atoms with E-state index >= 15 is 0 Å². The van der Waals surface area contributed by atoms with Crippen LogP contribution in [0.1, 0.15) is 38.7 Å². The number of rotatable bonds is 7. The summed E-state index contributed by atoms with van der Waals surface area (Å²) in [4.78, 5) is 5.03. The van der Waals surface area contributed by atoms with Crippen molar-refractivity contribution in [2.24, 2.45) is 0 Å². The highest BCUT2D eigenvalue weighted by atomic mass is 16.3. The highest BCUT2D eigenvalue weighted by molar-refractivity contribution is 5.07. The molecule has 0 atom stereocenters. The first kappa shape index (κ1) is 15.5. The highest BCUT2D eigenvalue weighted by Gasteiger charge is 2.19. The summed E-state index contributed by atoms with van der Waals surface area (Å²) in [5, 5.41) is 3.37. The molecular weight excluding hydrogens is 250 g/mol. The number of furan rings is 1. The highest BCUT2D eigenvalue weighted by Crippen LogP contribution is 2.13. The molecule has 1 aliphatic rings. The van der Waals surface area contributed by atoms with Crippen LogP contribution in [-0.2, 0) is 13.1 Å². The smallest absolute Gasteiger partial charge is 0.118 e. The number of hydrogen-bond donors (Lipinski definition) is 1. The van der Waals surface area contributed by atoms with E-state index in [1.165, 1.54) is 13.1 Å². The van der Waals surface area contributed by atoms with Crippen molar-refractivity contribution in [1.82, 2.24) is 15.1 Å². The molecule has 4 nitrogen and oxygen atoms in total. The lowest BCUT2D eigenvalue weighted by Gasteiger charge is -2.36.